The van der Waals surface area contributed by atoms with Crippen LogP contribution in [0.25, 0.3) is 20.7 Å². The lowest BCUT2D eigenvalue weighted by molar-refractivity contribution is -0.192. The van der Waals surface area contributed by atoms with Gasteiger partial charge >= 0.3 is 12.1 Å². The number of carbonyl (C=O) groups is 1. The van der Waals surface area contributed by atoms with E-state index in [1.807, 2.05) is 6.20 Å². The van der Waals surface area contributed by atoms with Gasteiger partial charge in [0.05, 0.1) is 23.2 Å². The third kappa shape index (κ3) is 6.45. The minimum absolute atomic E-state index is 0.0799. The molecule has 41 heavy (non-hydrogen) atoms. The summed E-state index contributed by atoms with van der Waals surface area (Å²) < 4.78 is 47.5. The van der Waals surface area contributed by atoms with Crippen LogP contribution in [0.15, 0.2) is 30.7 Å². The van der Waals surface area contributed by atoms with Crippen molar-refractivity contribution in [3.8, 4) is 10.4 Å². The number of piperazine rings is 1. The molecule has 2 N–H and O–H groups in total. The normalized spacial score (nSPS) is 15.7. The van der Waals surface area contributed by atoms with Crippen LogP contribution < -0.4 is 5.32 Å². The number of nitrogens with one attached hydrogen (secondary N) is 1. The molecule has 1 aliphatic carbocycles. The number of hydrogen-bond acceptors (Lipinski definition) is 8. The summed E-state index contributed by atoms with van der Waals surface area (Å²) in [5.41, 5.74) is 4.46. The summed E-state index contributed by atoms with van der Waals surface area (Å²) in [5, 5.41) is 16.3. The highest BCUT2D eigenvalue weighted by molar-refractivity contribution is 7.22. The number of alkyl halides is 3. The molecule has 1 fully saturated rings. The highest BCUT2D eigenvalue weighted by atomic mass is 35.5. The van der Waals surface area contributed by atoms with Crippen LogP contribution in [0.4, 0.5) is 29.1 Å². The van der Waals surface area contributed by atoms with Gasteiger partial charge in [0.15, 0.2) is 0 Å². The molecule has 1 aliphatic heterocycles. The van der Waals surface area contributed by atoms with Gasteiger partial charge in [0.2, 0.25) is 0 Å². The van der Waals surface area contributed by atoms with Crippen molar-refractivity contribution in [2.24, 2.45) is 0 Å². The van der Waals surface area contributed by atoms with Crippen molar-refractivity contribution in [3.63, 3.8) is 0 Å². The number of hydrogen-bond donors (Lipinski definition) is 2. The van der Waals surface area contributed by atoms with Gasteiger partial charge in [-0.3, -0.25) is 9.58 Å². The molecule has 218 valence electrons. The van der Waals surface area contributed by atoms with Gasteiger partial charge in [-0.05, 0) is 43.7 Å². The maximum absolute atomic E-state index is 13.6. The summed E-state index contributed by atoms with van der Waals surface area (Å²) in [4.78, 5) is 25.0. The van der Waals surface area contributed by atoms with E-state index in [9.17, 15) is 17.6 Å². The zero-order chi connectivity index (χ0) is 29.3. The molecule has 6 rings (SSSR count). The Hall–Kier alpha value is -3.33. The molecule has 0 atom stereocenters. The lowest BCUT2D eigenvalue weighted by Crippen LogP contribution is -2.45. The number of likely N-dealkylation sites (N-methyl/N-ethyl adjacent to an activating group) is 1. The minimum Gasteiger partial charge on any atom is -0.475 e. The third-order valence-electron chi connectivity index (χ3n) is 7.04. The number of aryl methyl sites for hydroxylation is 1. The van der Waals surface area contributed by atoms with Crippen molar-refractivity contribution in [1.29, 1.82) is 0 Å². The number of rotatable bonds is 5. The first-order chi connectivity index (χ1) is 19.5. The summed E-state index contributed by atoms with van der Waals surface area (Å²) in [6, 6.07) is 4.59. The molecule has 0 saturated carbocycles. The van der Waals surface area contributed by atoms with Gasteiger partial charge in [0.1, 0.15) is 22.8 Å². The number of aliphatic carboxylic acids is 1. The summed E-state index contributed by atoms with van der Waals surface area (Å²) in [7, 11) is 2.18. The monoisotopic (exact) mass is 611 g/mol. The van der Waals surface area contributed by atoms with Crippen LogP contribution in [0.3, 0.4) is 0 Å². The van der Waals surface area contributed by atoms with Crippen molar-refractivity contribution < 1.29 is 27.5 Å². The van der Waals surface area contributed by atoms with Crippen molar-refractivity contribution in [2.45, 2.75) is 25.6 Å². The standard InChI is InChI=1S/C24H25ClFN7S.C2HF3O2/c1-31-6-8-32(9-7-31)10-11-33-20-5-3-16-21-23(30-15-2-4-19(26)18(25)12-15)27-14-28-24(21)34-22(16)17(20)13-29-33;3-2(4,5)1(6)7/h2,4,12-14H,3,5-11H2,1H3,(H,27,28,30);(H,6,7). The van der Waals surface area contributed by atoms with Crippen LogP contribution in [0.5, 0.6) is 0 Å². The van der Waals surface area contributed by atoms with E-state index in [1.165, 1.54) is 27.8 Å². The van der Waals surface area contributed by atoms with Gasteiger partial charge in [-0.2, -0.15) is 18.3 Å². The van der Waals surface area contributed by atoms with Crippen LogP contribution in [0.2, 0.25) is 5.02 Å². The van der Waals surface area contributed by atoms with Crippen molar-refractivity contribution >= 4 is 50.6 Å². The zero-order valence-electron chi connectivity index (χ0n) is 21.9. The fourth-order valence-electron chi connectivity index (χ4n) is 4.86. The molecule has 0 bridgehead atoms. The molecule has 0 spiro atoms. The third-order valence-corrected chi connectivity index (χ3v) is 8.50. The Bertz CT molecular complexity index is 1570. The highest BCUT2D eigenvalue weighted by Crippen LogP contribution is 2.45. The number of benzene rings is 1. The topological polar surface area (TPSA) is 99.4 Å². The van der Waals surface area contributed by atoms with E-state index in [4.69, 9.17) is 26.6 Å². The van der Waals surface area contributed by atoms with Gasteiger partial charge in [-0.1, -0.05) is 11.6 Å². The second kappa shape index (κ2) is 11.9. The lowest BCUT2D eigenvalue weighted by Gasteiger charge is -2.32. The molecule has 4 aromatic rings. The summed E-state index contributed by atoms with van der Waals surface area (Å²) in [6.07, 6.45) is 0.341. The molecule has 0 radical (unpaired) electrons. The van der Waals surface area contributed by atoms with Gasteiger partial charge in [-0.25, -0.2) is 19.2 Å². The van der Waals surface area contributed by atoms with Crippen molar-refractivity contribution in [3.05, 3.63) is 52.8 Å². The molecular formula is C26H26ClF4N7O2S. The summed E-state index contributed by atoms with van der Waals surface area (Å²) in [5.74, 6) is -2.48. The fraction of sp³-hybridized carbons (Fsp3) is 0.385. The van der Waals surface area contributed by atoms with E-state index in [2.05, 4.69) is 36.8 Å². The molecule has 3 aromatic heterocycles. The first kappa shape index (κ1) is 29.2. The first-order valence-electron chi connectivity index (χ1n) is 12.8. The van der Waals surface area contributed by atoms with E-state index in [0.717, 1.165) is 68.1 Å². The Morgan fingerprint density at radius 2 is 1.88 bits per heavy atom. The Balaban J connectivity index is 0.000000431. The number of carboxylic acids is 1. The van der Waals surface area contributed by atoms with Gasteiger partial charge in [-0.15, -0.1) is 11.3 Å². The Morgan fingerprint density at radius 1 is 1.15 bits per heavy atom. The molecule has 9 nitrogen and oxygen atoms in total. The Labute approximate surface area is 241 Å². The average molecular weight is 612 g/mol. The fourth-order valence-corrected chi connectivity index (χ4v) is 6.26. The number of halogens is 5. The molecule has 1 aromatic carbocycles. The predicted octanol–water partition coefficient (Wildman–Crippen LogP) is 5.07. The molecule has 2 aliphatic rings. The zero-order valence-corrected chi connectivity index (χ0v) is 23.5. The minimum atomic E-state index is -5.08. The molecule has 4 heterocycles. The molecule has 0 amide bonds. The maximum atomic E-state index is 13.6. The Kier molecular flexibility index (Phi) is 8.45. The van der Waals surface area contributed by atoms with Crippen LogP contribution in [-0.4, -0.2) is 86.6 Å². The largest absolute Gasteiger partial charge is 0.490 e. The number of aromatic nitrogens is 4. The summed E-state index contributed by atoms with van der Waals surface area (Å²) in [6.45, 7) is 6.44. The van der Waals surface area contributed by atoms with Crippen molar-refractivity contribution in [1.82, 2.24) is 29.5 Å². The quantitative estimate of drug-likeness (QED) is 0.302. The second-order valence-corrected chi connectivity index (χ2v) is 11.1. The number of thiophene rings is 1. The van der Waals surface area contributed by atoms with Gasteiger partial charge in [0.25, 0.3) is 0 Å². The number of carboxylic acid groups (broad SMARTS) is 1. The lowest BCUT2D eigenvalue weighted by atomic mass is 9.95. The number of fused-ring (bicyclic) bond motifs is 5. The Morgan fingerprint density at radius 3 is 2.56 bits per heavy atom. The smallest absolute Gasteiger partial charge is 0.475 e. The average Bonchev–Trinajstić information content (AvgIpc) is 3.52. The van der Waals surface area contributed by atoms with Crippen LogP contribution in [-0.2, 0) is 24.2 Å². The molecule has 15 heteroatoms. The van der Waals surface area contributed by atoms with Gasteiger partial charge in [0, 0.05) is 54.5 Å². The van der Waals surface area contributed by atoms with Gasteiger partial charge < -0.3 is 15.3 Å². The molecular weight excluding hydrogens is 586 g/mol. The van der Waals surface area contributed by atoms with Crippen LogP contribution >= 0.6 is 22.9 Å². The van der Waals surface area contributed by atoms with E-state index >= 15 is 0 Å². The second-order valence-electron chi connectivity index (χ2n) is 9.74. The van der Waals surface area contributed by atoms with Crippen molar-refractivity contribution in [2.75, 3.05) is 45.1 Å². The van der Waals surface area contributed by atoms with E-state index in [1.54, 1.807) is 29.8 Å². The first-order valence-corrected chi connectivity index (χ1v) is 13.9. The van der Waals surface area contributed by atoms with Crippen LogP contribution in [0, 0.1) is 5.82 Å². The maximum Gasteiger partial charge on any atom is 0.490 e. The number of nitrogens with zero attached hydrogens (tertiary/aromatic N) is 6. The SMILES string of the molecule is CN1CCN(CCn2ncc3c2CCc2c-3sc3ncnc(Nc4ccc(F)c(Cl)c4)c23)CC1.O=C(O)C(F)(F)F. The molecule has 1 saturated heterocycles. The van der Waals surface area contributed by atoms with Crippen LogP contribution in [0.1, 0.15) is 11.3 Å². The summed E-state index contributed by atoms with van der Waals surface area (Å²) >= 11 is 7.66. The predicted molar refractivity (Wildman–Crippen MR) is 148 cm³/mol. The highest BCUT2D eigenvalue weighted by Gasteiger charge is 2.38. The van der Waals surface area contributed by atoms with E-state index < -0.39 is 18.0 Å². The van der Waals surface area contributed by atoms with E-state index in [-0.39, 0.29) is 5.02 Å². The van der Waals surface area contributed by atoms with E-state index in [0.29, 0.717) is 5.69 Å². The number of anilines is 2. The molecule has 0 unspecified atom stereocenters.